The third-order valence-corrected chi connectivity index (χ3v) is 4.44. The van der Waals surface area contributed by atoms with Crippen molar-refractivity contribution in [1.29, 1.82) is 0 Å². The Morgan fingerprint density at radius 1 is 1.43 bits per heavy atom. The number of nitro groups is 1. The van der Waals surface area contributed by atoms with E-state index in [-0.39, 0.29) is 30.2 Å². The van der Waals surface area contributed by atoms with E-state index in [4.69, 9.17) is 0 Å². The Morgan fingerprint density at radius 2 is 2.04 bits per heavy atom. The maximum Gasteiger partial charge on any atom is 0.292 e. The number of para-hydroxylation sites is 2. The topological polar surface area (TPSA) is 86.9 Å². The lowest BCUT2D eigenvalue weighted by molar-refractivity contribution is -0.384. The third-order valence-electron chi connectivity index (χ3n) is 4.44. The van der Waals surface area contributed by atoms with Crippen molar-refractivity contribution in [1.82, 2.24) is 4.90 Å². The smallest absolute Gasteiger partial charge is 0.292 e. The van der Waals surface area contributed by atoms with Gasteiger partial charge in [-0.15, -0.1) is 0 Å². The number of anilines is 1. The highest BCUT2D eigenvalue weighted by Crippen LogP contribution is 2.27. The van der Waals surface area contributed by atoms with Crippen LogP contribution in [0.4, 0.5) is 11.4 Å². The van der Waals surface area contributed by atoms with Gasteiger partial charge in [-0.25, -0.2) is 0 Å². The van der Waals surface area contributed by atoms with Crippen LogP contribution >= 0.6 is 0 Å². The van der Waals surface area contributed by atoms with Gasteiger partial charge in [0, 0.05) is 26.2 Å². The first-order valence-corrected chi connectivity index (χ1v) is 7.80. The maximum absolute atomic E-state index is 12.4. The number of carbonyl (C=O) groups excluding carboxylic acids is 1. The van der Waals surface area contributed by atoms with Crippen molar-refractivity contribution in [2.75, 3.05) is 31.6 Å². The summed E-state index contributed by atoms with van der Waals surface area (Å²) in [6, 6.07) is 6.41. The number of likely N-dealkylation sites (tertiary alicyclic amines) is 1. The van der Waals surface area contributed by atoms with E-state index in [2.05, 4.69) is 0 Å². The molecule has 1 unspecified atom stereocenters. The van der Waals surface area contributed by atoms with Crippen LogP contribution in [0.25, 0.3) is 0 Å². The number of nitrogens with zero attached hydrogens (tertiary/aromatic N) is 3. The molecule has 1 N–H and O–H groups in total. The molecule has 0 spiro atoms. The van der Waals surface area contributed by atoms with Crippen molar-refractivity contribution in [2.45, 2.75) is 25.9 Å². The number of hydrogen-bond donors (Lipinski definition) is 1. The number of nitro benzene ring substituents is 1. The molecule has 126 valence electrons. The third kappa shape index (κ3) is 4.19. The summed E-state index contributed by atoms with van der Waals surface area (Å²) in [6.07, 6.45) is 1.24. The van der Waals surface area contributed by atoms with Gasteiger partial charge in [-0.3, -0.25) is 14.9 Å². The van der Waals surface area contributed by atoms with Crippen LogP contribution in [0.5, 0.6) is 0 Å². The first kappa shape index (κ1) is 17.2. The zero-order valence-electron chi connectivity index (χ0n) is 13.5. The van der Waals surface area contributed by atoms with Gasteiger partial charge in [-0.1, -0.05) is 12.1 Å². The Kier molecular flexibility index (Phi) is 5.54. The highest BCUT2D eigenvalue weighted by molar-refractivity contribution is 5.82. The van der Waals surface area contributed by atoms with E-state index in [1.165, 1.54) is 6.07 Å². The second kappa shape index (κ2) is 7.41. The zero-order valence-corrected chi connectivity index (χ0v) is 13.5. The minimum absolute atomic E-state index is 0.00406. The van der Waals surface area contributed by atoms with Crippen LogP contribution < -0.4 is 4.90 Å². The summed E-state index contributed by atoms with van der Waals surface area (Å²) in [7, 11) is 1.68. The quantitative estimate of drug-likeness (QED) is 0.658. The lowest BCUT2D eigenvalue weighted by Crippen LogP contribution is -2.44. The SMILES string of the molecule is CC(O)C1CCN(C(=O)CN(C)c2ccccc2[N+](=O)[O-])CC1. The first-order valence-electron chi connectivity index (χ1n) is 7.80. The van der Waals surface area contributed by atoms with Gasteiger partial charge in [0.25, 0.3) is 5.69 Å². The number of amides is 1. The Balaban J connectivity index is 1.97. The van der Waals surface area contributed by atoms with Crippen molar-refractivity contribution in [3.63, 3.8) is 0 Å². The molecule has 1 amide bonds. The van der Waals surface area contributed by atoms with Crippen molar-refractivity contribution in [3.8, 4) is 0 Å². The molecule has 1 aromatic rings. The van der Waals surface area contributed by atoms with E-state index in [9.17, 15) is 20.0 Å². The number of rotatable bonds is 5. The molecule has 0 bridgehead atoms. The number of aliphatic hydroxyl groups is 1. The molecule has 1 atom stereocenters. The highest BCUT2D eigenvalue weighted by atomic mass is 16.6. The molecule has 7 nitrogen and oxygen atoms in total. The largest absolute Gasteiger partial charge is 0.393 e. The summed E-state index contributed by atoms with van der Waals surface area (Å²) in [5.74, 6) is 0.196. The fourth-order valence-electron chi connectivity index (χ4n) is 2.96. The molecule has 1 heterocycles. The van der Waals surface area contributed by atoms with Gasteiger partial charge in [0.2, 0.25) is 5.91 Å². The molecular weight excluding hydrogens is 298 g/mol. The standard InChI is InChI=1S/C16H23N3O4/c1-12(20)13-7-9-18(10-8-13)16(21)11-17(2)14-5-3-4-6-15(14)19(22)23/h3-6,12-13,20H,7-11H2,1-2H3. The molecule has 2 rings (SSSR count). The van der Waals surface area contributed by atoms with E-state index < -0.39 is 4.92 Å². The van der Waals surface area contributed by atoms with Crippen molar-refractivity contribution < 1.29 is 14.8 Å². The number of carbonyl (C=O) groups is 1. The summed E-state index contributed by atoms with van der Waals surface area (Å²) in [4.78, 5) is 26.4. The Hall–Kier alpha value is -2.15. The molecule has 1 aliphatic heterocycles. The predicted octanol–water partition coefficient (Wildman–Crippen LogP) is 1.65. The molecular formula is C16H23N3O4. The maximum atomic E-state index is 12.4. The van der Waals surface area contributed by atoms with E-state index in [0.717, 1.165) is 12.8 Å². The fourth-order valence-corrected chi connectivity index (χ4v) is 2.96. The van der Waals surface area contributed by atoms with E-state index in [0.29, 0.717) is 18.8 Å². The van der Waals surface area contributed by atoms with Crippen LogP contribution in [0.15, 0.2) is 24.3 Å². The molecule has 1 aromatic carbocycles. The summed E-state index contributed by atoms with van der Waals surface area (Å²) in [5, 5.41) is 20.7. The normalized spacial score (nSPS) is 16.9. The van der Waals surface area contributed by atoms with Crippen molar-refractivity contribution >= 4 is 17.3 Å². The first-order chi connectivity index (χ1) is 10.9. The van der Waals surface area contributed by atoms with Gasteiger partial charge in [0.05, 0.1) is 17.6 Å². The van der Waals surface area contributed by atoms with Gasteiger partial charge < -0.3 is 14.9 Å². The van der Waals surface area contributed by atoms with E-state index >= 15 is 0 Å². The highest BCUT2D eigenvalue weighted by Gasteiger charge is 2.26. The number of likely N-dealkylation sites (N-methyl/N-ethyl adjacent to an activating group) is 1. The molecule has 0 aromatic heterocycles. The Bertz CT molecular complexity index is 568. The summed E-state index contributed by atoms with van der Waals surface area (Å²) in [6.45, 7) is 3.13. The second-order valence-corrected chi connectivity index (χ2v) is 6.06. The summed E-state index contributed by atoms with van der Waals surface area (Å²) < 4.78 is 0. The fraction of sp³-hybridized carbons (Fsp3) is 0.562. The Labute approximate surface area is 135 Å². The molecule has 1 fully saturated rings. The average molecular weight is 321 g/mol. The number of aliphatic hydroxyl groups excluding tert-OH is 1. The number of benzene rings is 1. The van der Waals surface area contributed by atoms with Gasteiger partial charge in [0.1, 0.15) is 5.69 Å². The Morgan fingerprint density at radius 3 is 2.61 bits per heavy atom. The van der Waals surface area contributed by atoms with Crippen LogP contribution in [0.1, 0.15) is 19.8 Å². The van der Waals surface area contributed by atoms with Crippen LogP contribution in [-0.2, 0) is 4.79 Å². The molecule has 0 radical (unpaired) electrons. The number of hydrogen-bond acceptors (Lipinski definition) is 5. The van der Waals surface area contributed by atoms with Crippen LogP contribution in [0, 0.1) is 16.0 Å². The molecule has 0 saturated carbocycles. The van der Waals surface area contributed by atoms with Crippen LogP contribution in [0.3, 0.4) is 0 Å². The van der Waals surface area contributed by atoms with Crippen molar-refractivity contribution in [2.24, 2.45) is 5.92 Å². The minimum atomic E-state index is -0.440. The van der Waals surface area contributed by atoms with Gasteiger partial charge in [-0.2, -0.15) is 0 Å². The lowest BCUT2D eigenvalue weighted by Gasteiger charge is -2.34. The molecule has 0 aliphatic carbocycles. The van der Waals surface area contributed by atoms with Gasteiger partial charge in [0.15, 0.2) is 0 Å². The van der Waals surface area contributed by atoms with E-state index in [1.807, 2.05) is 0 Å². The number of piperidine rings is 1. The van der Waals surface area contributed by atoms with Gasteiger partial charge >= 0.3 is 0 Å². The molecule has 7 heteroatoms. The molecule has 23 heavy (non-hydrogen) atoms. The molecule has 1 aliphatic rings. The lowest BCUT2D eigenvalue weighted by atomic mass is 9.92. The summed E-state index contributed by atoms with van der Waals surface area (Å²) in [5.41, 5.74) is 0.431. The minimum Gasteiger partial charge on any atom is -0.393 e. The molecule has 1 saturated heterocycles. The zero-order chi connectivity index (χ0) is 17.0. The van der Waals surface area contributed by atoms with Crippen LogP contribution in [0.2, 0.25) is 0 Å². The average Bonchev–Trinajstić information content (AvgIpc) is 2.54. The van der Waals surface area contributed by atoms with E-state index in [1.54, 1.807) is 42.0 Å². The summed E-state index contributed by atoms with van der Waals surface area (Å²) >= 11 is 0. The monoisotopic (exact) mass is 321 g/mol. The van der Waals surface area contributed by atoms with Crippen LogP contribution in [-0.4, -0.2) is 53.6 Å². The van der Waals surface area contributed by atoms with Gasteiger partial charge in [-0.05, 0) is 31.7 Å². The predicted molar refractivity (Wildman–Crippen MR) is 87.4 cm³/mol. The second-order valence-electron chi connectivity index (χ2n) is 6.06. The van der Waals surface area contributed by atoms with Crippen molar-refractivity contribution in [3.05, 3.63) is 34.4 Å².